The van der Waals surface area contributed by atoms with Gasteiger partial charge in [0.25, 0.3) is 0 Å². The molecule has 0 radical (unpaired) electrons. The standard InChI is InChI=1S/C19H18N4O3.ClH/c24-18(25)13-4-3-5-14(12-13)20-19-21-16-7-2-1-6-15(16)17(22-19)23-8-10-26-11-9-23;/h1-7,12H,8-11H2,(H,24,25)(H,20,21,22);1H. The third kappa shape index (κ3) is 4.10. The van der Waals surface area contributed by atoms with Crippen LogP contribution in [-0.4, -0.2) is 47.3 Å². The monoisotopic (exact) mass is 386 g/mol. The predicted molar refractivity (Wildman–Crippen MR) is 107 cm³/mol. The lowest BCUT2D eigenvalue weighted by molar-refractivity contribution is 0.0697. The second-order valence-corrected chi connectivity index (χ2v) is 6.00. The van der Waals surface area contributed by atoms with Crippen LogP contribution in [0.25, 0.3) is 10.9 Å². The Hall–Kier alpha value is -2.90. The molecule has 8 heteroatoms. The fourth-order valence-electron chi connectivity index (χ4n) is 2.99. The van der Waals surface area contributed by atoms with E-state index in [2.05, 4.69) is 15.2 Å². The summed E-state index contributed by atoms with van der Waals surface area (Å²) in [6.45, 7) is 2.88. The minimum atomic E-state index is -0.970. The zero-order chi connectivity index (χ0) is 17.9. The number of aromatic nitrogens is 2. The minimum absolute atomic E-state index is 0. The van der Waals surface area contributed by atoms with Crippen LogP contribution in [0.1, 0.15) is 10.4 Å². The highest BCUT2D eigenvalue weighted by atomic mass is 35.5. The van der Waals surface area contributed by atoms with E-state index in [9.17, 15) is 4.79 Å². The van der Waals surface area contributed by atoms with Crippen LogP contribution in [0.5, 0.6) is 0 Å². The minimum Gasteiger partial charge on any atom is -0.478 e. The van der Waals surface area contributed by atoms with Gasteiger partial charge in [0.15, 0.2) is 0 Å². The number of fused-ring (bicyclic) bond motifs is 1. The van der Waals surface area contributed by atoms with E-state index in [0.29, 0.717) is 24.8 Å². The number of hydrogen-bond donors (Lipinski definition) is 2. The number of rotatable bonds is 4. The second-order valence-electron chi connectivity index (χ2n) is 6.00. The van der Waals surface area contributed by atoms with Gasteiger partial charge in [0, 0.05) is 24.2 Å². The largest absolute Gasteiger partial charge is 0.478 e. The molecule has 1 fully saturated rings. The molecule has 0 spiro atoms. The van der Waals surface area contributed by atoms with Gasteiger partial charge in [-0.15, -0.1) is 12.4 Å². The zero-order valence-electron chi connectivity index (χ0n) is 14.5. The number of aromatic carboxylic acids is 1. The molecule has 27 heavy (non-hydrogen) atoms. The Morgan fingerprint density at radius 2 is 1.85 bits per heavy atom. The van der Waals surface area contributed by atoms with Crippen LogP contribution in [0.2, 0.25) is 0 Å². The molecule has 1 aliphatic heterocycles. The Labute approximate surface area is 162 Å². The Morgan fingerprint density at radius 1 is 1.07 bits per heavy atom. The van der Waals surface area contributed by atoms with Crippen LogP contribution in [0.15, 0.2) is 48.5 Å². The molecule has 4 rings (SSSR count). The average Bonchev–Trinajstić information content (AvgIpc) is 2.68. The third-order valence-corrected chi connectivity index (χ3v) is 4.26. The highest BCUT2D eigenvalue weighted by Crippen LogP contribution is 2.27. The zero-order valence-corrected chi connectivity index (χ0v) is 15.3. The van der Waals surface area contributed by atoms with Gasteiger partial charge in [-0.3, -0.25) is 0 Å². The number of para-hydroxylation sites is 1. The van der Waals surface area contributed by atoms with Crippen LogP contribution in [0.3, 0.4) is 0 Å². The fraction of sp³-hybridized carbons (Fsp3) is 0.211. The molecule has 0 aliphatic carbocycles. The number of ether oxygens (including phenoxy) is 1. The first-order valence-corrected chi connectivity index (χ1v) is 8.40. The van der Waals surface area contributed by atoms with E-state index in [1.807, 2.05) is 24.3 Å². The first-order valence-electron chi connectivity index (χ1n) is 8.40. The topological polar surface area (TPSA) is 87.6 Å². The number of carboxylic acid groups (broad SMARTS) is 1. The molecule has 0 saturated carbocycles. The van der Waals surface area contributed by atoms with E-state index in [-0.39, 0.29) is 18.0 Å². The summed E-state index contributed by atoms with van der Waals surface area (Å²) >= 11 is 0. The molecule has 3 aromatic rings. The highest BCUT2D eigenvalue weighted by Gasteiger charge is 2.17. The van der Waals surface area contributed by atoms with Crippen molar-refractivity contribution in [2.75, 3.05) is 36.5 Å². The van der Waals surface area contributed by atoms with Gasteiger partial charge in [-0.05, 0) is 30.3 Å². The van der Waals surface area contributed by atoms with Gasteiger partial charge in [-0.1, -0.05) is 18.2 Å². The molecule has 1 aliphatic rings. The average molecular weight is 387 g/mol. The second kappa shape index (κ2) is 8.20. The van der Waals surface area contributed by atoms with Gasteiger partial charge in [-0.2, -0.15) is 4.98 Å². The van der Waals surface area contributed by atoms with Gasteiger partial charge in [0.05, 0.1) is 24.3 Å². The van der Waals surface area contributed by atoms with Crippen molar-refractivity contribution in [1.82, 2.24) is 9.97 Å². The molecule has 0 atom stereocenters. The smallest absolute Gasteiger partial charge is 0.335 e. The number of benzene rings is 2. The van der Waals surface area contributed by atoms with Gasteiger partial charge in [-0.25, -0.2) is 9.78 Å². The molecule has 0 bridgehead atoms. The van der Waals surface area contributed by atoms with Crippen molar-refractivity contribution >= 4 is 46.7 Å². The number of carboxylic acids is 1. The van der Waals surface area contributed by atoms with Gasteiger partial charge in [0.1, 0.15) is 5.82 Å². The first kappa shape index (κ1) is 18.9. The number of hydrogen-bond acceptors (Lipinski definition) is 6. The number of morpholine rings is 1. The Kier molecular flexibility index (Phi) is 5.73. The molecular formula is C19H19ClN4O3. The Bertz CT molecular complexity index is 961. The molecular weight excluding hydrogens is 368 g/mol. The summed E-state index contributed by atoms with van der Waals surface area (Å²) in [6, 6.07) is 14.5. The highest BCUT2D eigenvalue weighted by molar-refractivity contribution is 5.91. The summed E-state index contributed by atoms with van der Waals surface area (Å²) in [6.07, 6.45) is 0. The van der Waals surface area contributed by atoms with E-state index in [1.54, 1.807) is 24.3 Å². The normalized spacial score (nSPS) is 13.9. The molecule has 7 nitrogen and oxygen atoms in total. The van der Waals surface area contributed by atoms with E-state index in [0.717, 1.165) is 29.8 Å². The van der Waals surface area contributed by atoms with Crippen molar-refractivity contribution in [3.05, 3.63) is 54.1 Å². The molecule has 2 N–H and O–H groups in total. The van der Waals surface area contributed by atoms with Crippen molar-refractivity contribution in [3.8, 4) is 0 Å². The number of nitrogens with one attached hydrogen (secondary N) is 1. The molecule has 1 saturated heterocycles. The third-order valence-electron chi connectivity index (χ3n) is 4.26. The van der Waals surface area contributed by atoms with Gasteiger partial charge in [0.2, 0.25) is 5.95 Å². The maximum absolute atomic E-state index is 11.2. The summed E-state index contributed by atoms with van der Waals surface area (Å²) in [5.74, 6) is 0.325. The summed E-state index contributed by atoms with van der Waals surface area (Å²) in [5.41, 5.74) is 1.68. The van der Waals surface area contributed by atoms with Crippen molar-refractivity contribution < 1.29 is 14.6 Å². The predicted octanol–water partition coefficient (Wildman–Crippen LogP) is 3.33. The van der Waals surface area contributed by atoms with E-state index in [4.69, 9.17) is 14.8 Å². The molecule has 0 unspecified atom stereocenters. The van der Waals surface area contributed by atoms with Crippen LogP contribution >= 0.6 is 12.4 Å². The van der Waals surface area contributed by atoms with Crippen LogP contribution in [0, 0.1) is 0 Å². The van der Waals surface area contributed by atoms with Gasteiger partial charge < -0.3 is 20.1 Å². The van der Waals surface area contributed by atoms with Crippen molar-refractivity contribution in [3.63, 3.8) is 0 Å². The molecule has 0 amide bonds. The Morgan fingerprint density at radius 3 is 2.63 bits per heavy atom. The van der Waals surface area contributed by atoms with Crippen LogP contribution in [-0.2, 0) is 4.74 Å². The van der Waals surface area contributed by atoms with E-state index < -0.39 is 5.97 Å². The maximum atomic E-state index is 11.2. The fourth-order valence-corrected chi connectivity index (χ4v) is 2.99. The lowest BCUT2D eigenvalue weighted by Crippen LogP contribution is -2.37. The lowest BCUT2D eigenvalue weighted by atomic mass is 10.2. The molecule has 2 heterocycles. The summed E-state index contributed by atoms with van der Waals surface area (Å²) in [4.78, 5) is 22.6. The summed E-state index contributed by atoms with van der Waals surface area (Å²) in [5, 5.41) is 13.3. The molecule has 140 valence electrons. The quantitative estimate of drug-likeness (QED) is 0.711. The Balaban J connectivity index is 0.00000210. The summed E-state index contributed by atoms with van der Waals surface area (Å²) < 4.78 is 5.44. The van der Waals surface area contributed by atoms with Gasteiger partial charge >= 0.3 is 5.97 Å². The van der Waals surface area contributed by atoms with Crippen LogP contribution in [0.4, 0.5) is 17.5 Å². The van der Waals surface area contributed by atoms with E-state index in [1.165, 1.54) is 0 Å². The number of halogens is 1. The van der Waals surface area contributed by atoms with Crippen molar-refractivity contribution in [2.45, 2.75) is 0 Å². The maximum Gasteiger partial charge on any atom is 0.335 e. The van der Waals surface area contributed by atoms with Crippen molar-refractivity contribution in [1.29, 1.82) is 0 Å². The van der Waals surface area contributed by atoms with Crippen molar-refractivity contribution in [2.24, 2.45) is 0 Å². The lowest BCUT2D eigenvalue weighted by Gasteiger charge is -2.29. The number of anilines is 3. The summed E-state index contributed by atoms with van der Waals surface area (Å²) in [7, 11) is 0. The number of carbonyl (C=O) groups is 1. The molecule has 2 aromatic carbocycles. The molecule has 1 aromatic heterocycles. The number of nitrogens with zero attached hydrogens (tertiary/aromatic N) is 3. The SMILES string of the molecule is Cl.O=C(O)c1cccc(Nc2nc(N3CCOCC3)c3ccccc3n2)c1. The van der Waals surface area contributed by atoms with Crippen LogP contribution < -0.4 is 10.2 Å². The van der Waals surface area contributed by atoms with E-state index >= 15 is 0 Å². The first-order chi connectivity index (χ1) is 12.7.